The Balaban J connectivity index is 1.39. The van der Waals surface area contributed by atoms with Crippen LogP contribution in [0.15, 0.2) is 36.5 Å². The van der Waals surface area contributed by atoms with Crippen molar-refractivity contribution in [2.24, 2.45) is 5.92 Å². The summed E-state index contributed by atoms with van der Waals surface area (Å²) in [5, 5.41) is 0. The second-order valence-electron chi connectivity index (χ2n) is 7.91. The van der Waals surface area contributed by atoms with Crippen molar-refractivity contribution in [1.82, 2.24) is 14.9 Å². The number of hydrogen-bond acceptors (Lipinski definition) is 5. The zero-order valence-electron chi connectivity index (χ0n) is 16.0. The maximum absolute atomic E-state index is 12.7. The van der Waals surface area contributed by atoms with Gasteiger partial charge in [-0.15, -0.1) is 0 Å². The maximum atomic E-state index is 12.7. The van der Waals surface area contributed by atoms with Crippen molar-refractivity contribution in [3.63, 3.8) is 0 Å². The third kappa shape index (κ3) is 3.10. The summed E-state index contributed by atoms with van der Waals surface area (Å²) < 4.78 is 11.7. The molecule has 3 aliphatic rings. The monoisotopic (exact) mass is 379 g/mol. The fourth-order valence-electron chi connectivity index (χ4n) is 4.59. The van der Waals surface area contributed by atoms with Crippen molar-refractivity contribution >= 4 is 5.91 Å². The molecule has 1 atom stereocenters. The minimum Gasteiger partial charge on any atom is -0.381 e. The van der Waals surface area contributed by atoms with E-state index in [-0.39, 0.29) is 11.8 Å². The normalized spacial score (nSPS) is 23.6. The van der Waals surface area contributed by atoms with Crippen LogP contribution in [-0.2, 0) is 26.3 Å². The van der Waals surface area contributed by atoms with Gasteiger partial charge in [0.1, 0.15) is 5.60 Å². The lowest BCUT2D eigenvalue weighted by atomic mass is 9.83. The molecule has 1 aromatic heterocycles. The topological polar surface area (TPSA) is 64.5 Å². The number of nitrogens with zero attached hydrogens (tertiary/aromatic N) is 3. The first kappa shape index (κ1) is 17.8. The summed E-state index contributed by atoms with van der Waals surface area (Å²) in [6.07, 6.45) is 5.21. The van der Waals surface area contributed by atoms with E-state index in [9.17, 15) is 4.79 Å². The van der Waals surface area contributed by atoms with Gasteiger partial charge in [0.2, 0.25) is 5.91 Å². The molecule has 0 aliphatic carbocycles. The molecule has 1 unspecified atom stereocenters. The Kier molecular flexibility index (Phi) is 4.61. The van der Waals surface area contributed by atoms with E-state index >= 15 is 0 Å². The molecule has 1 spiro atoms. The highest BCUT2D eigenvalue weighted by Gasteiger charge is 2.44. The summed E-state index contributed by atoms with van der Waals surface area (Å²) in [4.78, 5) is 24.3. The number of fused-ring (bicyclic) bond motifs is 2. The van der Waals surface area contributed by atoms with Crippen LogP contribution in [0.5, 0.6) is 0 Å². The van der Waals surface area contributed by atoms with Crippen LogP contribution in [0.2, 0.25) is 0 Å². The summed E-state index contributed by atoms with van der Waals surface area (Å²) in [6, 6.07) is 10.1. The maximum Gasteiger partial charge on any atom is 0.228 e. The van der Waals surface area contributed by atoms with Crippen LogP contribution in [0.4, 0.5) is 0 Å². The van der Waals surface area contributed by atoms with E-state index in [1.807, 2.05) is 41.4 Å². The number of carbonyl (C=O) groups excluding carboxylic acids is 1. The van der Waals surface area contributed by atoms with Crippen LogP contribution >= 0.6 is 0 Å². The fraction of sp³-hybridized carbons (Fsp3) is 0.500. The average molecular weight is 379 g/mol. The van der Waals surface area contributed by atoms with E-state index in [0.717, 1.165) is 42.8 Å². The minimum absolute atomic E-state index is 0.0284. The number of aromatic nitrogens is 2. The van der Waals surface area contributed by atoms with Gasteiger partial charge in [-0.05, 0) is 31.2 Å². The summed E-state index contributed by atoms with van der Waals surface area (Å²) in [6.45, 7) is 3.36. The Morgan fingerprint density at radius 1 is 1.14 bits per heavy atom. The third-order valence-corrected chi connectivity index (χ3v) is 6.24. The molecule has 3 aliphatic heterocycles. The zero-order valence-corrected chi connectivity index (χ0v) is 16.0. The Labute approximate surface area is 164 Å². The molecule has 5 rings (SSSR count). The van der Waals surface area contributed by atoms with Gasteiger partial charge in [-0.2, -0.15) is 0 Å². The van der Waals surface area contributed by atoms with Gasteiger partial charge in [-0.1, -0.05) is 30.3 Å². The Morgan fingerprint density at radius 2 is 1.96 bits per heavy atom. The fourth-order valence-corrected chi connectivity index (χ4v) is 4.59. The van der Waals surface area contributed by atoms with E-state index in [1.54, 1.807) is 0 Å². The predicted octanol–water partition coefficient (Wildman–Crippen LogP) is 2.57. The lowest BCUT2D eigenvalue weighted by Gasteiger charge is -2.44. The highest BCUT2D eigenvalue weighted by atomic mass is 16.5. The summed E-state index contributed by atoms with van der Waals surface area (Å²) >= 11 is 0. The predicted molar refractivity (Wildman–Crippen MR) is 104 cm³/mol. The number of piperidine rings is 1. The molecule has 0 radical (unpaired) electrons. The molecule has 146 valence electrons. The number of carbonyl (C=O) groups is 1. The molecule has 6 nitrogen and oxygen atoms in total. The smallest absolute Gasteiger partial charge is 0.228 e. The number of likely N-dealkylation sites (tertiary alicyclic amines) is 1. The van der Waals surface area contributed by atoms with E-state index in [4.69, 9.17) is 14.5 Å². The van der Waals surface area contributed by atoms with Crippen LogP contribution in [-0.4, -0.2) is 53.7 Å². The van der Waals surface area contributed by atoms with Crippen molar-refractivity contribution in [3.05, 3.63) is 47.8 Å². The van der Waals surface area contributed by atoms with Gasteiger partial charge < -0.3 is 14.4 Å². The molecule has 2 fully saturated rings. The Bertz CT molecular complexity index is 857. The Hall–Kier alpha value is -2.31. The van der Waals surface area contributed by atoms with Gasteiger partial charge >= 0.3 is 0 Å². The largest absolute Gasteiger partial charge is 0.381 e. The summed E-state index contributed by atoms with van der Waals surface area (Å²) in [5.74, 6) is 1.00. The van der Waals surface area contributed by atoms with Gasteiger partial charge in [0.15, 0.2) is 5.82 Å². The van der Waals surface area contributed by atoms with Gasteiger partial charge in [0.25, 0.3) is 0 Å². The van der Waals surface area contributed by atoms with Crippen molar-refractivity contribution in [2.75, 3.05) is 32.9 Å². The van der Waals surface area contributed by atoms with Crippen LogP contribution in [0.3, 0.4) is 0 Å². The van der Waals surface area contributed by atoms with Crippen LogP contribution in [0.25, 0.3) is 11.4 Å². The molecule has 2 saturated heterocycles. The van der Waals surface area contributed by atoms with Crippen molar-refractivity contribution in [1.29, 1.82) is 0 Å². The van der Waals surface area contributed by atoms with E-state index < -0.39 is 5.60 Å². The third-order valence-electron chi connectivity index (χ3n) is 6.24. The highest BCUT2D eigenvalue weighted by molar-refractivity contribution is 5.79. The first-order chi connectivity index (χ1) is 13.8. The van der Waals surface area contributed by atoms with E-state index in [1.165, 1.54) is 5.56 Å². The number of ether oxygens (including phenoxy) is 2. The zero-order chi connectivity index (χ0) is 19.0. The minimum atomic E-state index is -0.400. The summed E-state index contributed by atoms with van der Waals surface area (Å²) in [5.41, 5.74) is 2.81. The summed E-state index contributed by atoms with van der Waals surface area (Å²) in [7, 11) is 0. The molecule has 2 aromatic rings. The lowest BCUT2D eigenvalue weighted by molar-refractivity contribution is -0.145. The number of hydrogen-bond donors (Lipinski definition) is 0. The van der Waals surface area contributed by atoms with E-state index in [2.05, 4.69) is 4.98 Å². The highest BCUT2D eigenvalue weighted by Crippen LogP contribution is 2.41. The number of benzene rings is 1. The molecule has 1 aromatic carbocycles. The lowest BCUT2D eigenvalue weighted by Crippen LogP contribution is -2.50. The van der Waals surface area contributed by atoms with Crippen LogP contribution in [0.1, 0.15) is 30.5 Å². The standard InChI is InChI=1S/C22H25N3O3/c26-21(18-6-12-27-15-18)25-10-8-22(9-11-25)19-17(7-13-28-22)14-23-20(24-19)16-4-2-1-3-5-16/h1-5,14,18H,6-13,15H2. The van der Waals surface area contributed by atoms with Crippen LogP contribution in [0, 0.1) is 5.92 Å². The molecule has 0 saturated carbocycles. The van der Waals surface area contributed by atoms with Gasteiger partial charge in [0.05, 0.1) is 24.8 Å². The number of rotatable bonds is 2. The van der Waals surface area contributed by atoms with Crippen LogP contribution < -0.4 is 0 Å². The number of amides is 1. The quantitative estimate of drug-likeness (QED) is 0.802. The molecular formula is C22H25N3O3. The van der Waals surface area contributed by atoms with Gasteiger partial charge in [0, 0.05) is 31.5 Å². The average Bonchev–Trinajstić information content (AvgIpc) is 3.30. The first-order valence-corrected chi connectivity index (χ1v) is 10.2. The second-order valence-corrected chi connectivity index (χ2v) is 7.91. The molecule has 0 N–H and O–H groups in total. The molecule has 6 heteroatoms. The Morgan fingerprint density at radius 3 is 2.71 bits per heavy atom. The molecule has 4 heterocycles. The molecule has 0 bridgehead atoms. The first-order valence-electron chi connectivity index (χ1n) is 10.2. The van der Waals surface area contributed by atoms with Crippen molar-refractivity contribution < 1.29 is 14.3 Å². The molecule has 28 heavy (non-hydrogen) atoms. The molecular weight excluding hydrogens is 354 g/mol. The van der Waals surface area contributed by atoms with Crippen molar-refractivity contribution in [3.8, 4) is 11.4 Å². The SMILES string of the molecule is O=C(C1CCOC1)N1CCC2(CC1)OCCc1cnc(-c3ccccc3)nc12. The van der Waals surface area contributed by atoms with E-state index in [0.29, 0.717) is 32.9 Å². The van der Waals surface area contributed by atoms with Gasteiger partial charge in [-0.25, -0.2) is 9.97 Å². The second kappa shape index (κ2) is 7.26. The molecule has 1 amide bonds. The van der Waals surface area contributed by atoms with Gasteiger partial charge in [-0.3, -0.25) is 4.79 Å². The van der Waals surface area contributed by atoms with Crippen molar-refractivity contribution in [2.45, 2.75) is 31.3 Å².